The first kappa shape index (κ1) is 25.0. The van der Waals surface area contributed by atoms with Gasteiger partial charge in [0.25, 0.3) is 0 Å². The molecule has 26 heavy (non-hydrogen) atoms. The molecular formula is C19H33Cl2N3O2. The fourth-order valence-corrected chi connectivity index (χ4v) is 3.23. The van der Waals surface area contributed by atoms with Crippen LogP contribution in [0.1, 0.15) is 46.0 Å². The summed E-state index contributed by atoms with van der Waals surface area (Å²) in [5.74, 6) is 0.0876. The second kappa shape index (κ2) is 13.2. The second-order valence-electron chi connectivity index (χ2n) is 6.68. The molecule has 0 saturated carbocycles. The highest BCUT2D eigenvalue weighted by Gasteiger charge is 2.24. The van der Waals surface area contributed by atoms with Gasteiger partial charge < -0.3 is 20.7 Å². The highest BCUT2D eigenvalue weighted by atomic mass is 35.5. The van der Waals surface area contributed by atoms with Gasteiger partial charge in [-0.2, -0.15) is 0 Å². The Bertz CT molecular complexity index is 521. The molecular weight excluding hydrogens is 373 g/mol. The SMILES string of the molecule is CC1CN(c2ccccc2NC(=O)CCCCCCN)CC(C)O1.Cl.Cl. The predicted molar refractivity (Wildman–Crippen MR) is 114 cm³/mol. The van der Waals surface area contributed by atoms with Gasteiger partial charge in [0.2, 0.25) is 5.91 Å². The Morgan fingerprint density at radius 3 is 2.38 bits per heavy atom. The van der Waals surface area contributed by atoms with Crippen LogP contribution < -0.4 is 16.0 Å². The summed E-state index contributed by atoms with van der Waals surface area (Å²) in [6.45, 7) is 6.60. The summed E-state index contributed by atoms with van der Waals surface area (Å²) < 4.78 is 5.81. The lowest BCUT2D eigenvalue weighted by Gasteiger charge is -2.37. The summed E-state index contributed by atoms with van der Waals surface area (Å²) in [6, 6.07) is 8.03. The molecule has 1 aromatic rings. The number of benzene rings is 1. The van der Waals surface area contributed by atoms with Gasteiger partial charge in [-0.3, -0.25) is 4.79 Å². The molecule has 3 N–H and O–H groups in total. The van der Waals surface area contributed by atoms with Crippen molar-refractivity contribution < 1.29 is 9.53 Å². The number of amides is 1. The first-order valence-electron chi connectivity index (χ1n) is 9.09. The van der Waals surface area contributed by atoms with Crippen molar-refractivity contribution in [3.63, 3.8) is 0 Å². The molecule has 1 amide bonds. The lowest BCUT2D eigenvalue weighted by Crippen LogP contribution is -2.45. The molecule has 0 spiro atoms. The monoisotopic (exact) mass is 405 g/mol. The summed E-state index contributed by atoms with van der Waals surface area (Å²) in [6.07, 6.45) is 5.07. The van der Waals surface area contributed by atoms with E-state index in [-0.39, 0.29) is 42.9 Å². The first-order chi connectivity index (χ1) is 11.6. The maximum absolute atomic E-state index is 12.2. The van der Waals surface area contributed by atoms with E-state index < -0.39 is 0 Å². The van der Waals surface area contributed by atoms with Crippen LogP contribution in [0.5, 0.6) is 0 Å². The van der Waals surface area contributed by atoms with E-state index in [4.69, 9.17) is 10.5 Å². The number of para-hydroxylation sites is 2. The van der Waals surface area contributed by atoms with E-state index in [0.717, 1.165) is 56.7 Å². The van der Waals surface area contributed by atoms with E-state index in [9.17, 15) is 4.79 Å². The Balaban J connectivity index is 0.00000312. The number of nitrogens with one attached hydrogen (secondary N) is 1. The molecule has 5 nitrogen and oxygen atoms in total. The van der Waals surface area contributed by atoms with Gasteiger partial charge in [0.05, 0.1) is 23.6 Å². The summed E-state index contributed by atoms with van der Waals surface area (Å²) in [4.78, 5) is 14.5. The van der Waals surface area contributed by atoms with Crippen molar-refractivity contribution in [2.45, 2.75) is 58.2 Å². The standard InChI is InChI=1S/C19H31N3O2.2ClH/c1-15-13-22(14-16(2)24-15)18-10-7-6-9-17(18)21-19(23)11-5-3-4-8-12-20;;/h6-7,9-10,15-16H,3-5,8,11-14,20H2,1-2H3,(H,21,23);2*1H. The molecule has 0 radical (unpaired) electrons. The molecule has 0 bridgehead atoms. The number of carbonyl (C=O) groups is 1. The first-order valence-corrected chi connectivity index (χ1v) is 9.09. The number of nitrogens with two attached hydrogens (primary N) is 1. The molecule has 150 valence electrons. The smallest absolute Gasteiger partial charge is 0.224 e. The van der Waals surface area contributed by atoms with Crippen molar-refractivity contribution in [1.82, 2.24) is 0 Å². The van der Waals surface area contributed by atoms with Crippen molar-refractivity contribution >= 4 is 42.1 Å². The van der Waals surface area contributed by atoms with Gasteiger partial charge in [-0.25, -0.2) is 0 Å². The topological polar surface area (TPSA) is 67.6 Å². The number of nitrogens with zero attached hydrogens (tertiary/aromatic N) is 1. The number of halogens is 2. The van der Waals surface area contributed by atoms with Gasteiger partial charge >= 0.3 is 0 Å². The van der Waals surface area contributed by atoms with Crippen LogP contribution in [0.25, 0.3) is 0 Å². The zero-order valence-electron chi connectivity index (χ0n) is 15.8. The van der Waals surface area contributed by atoms with Crippen LogP contribution >= 0.6 is 24.8 Å². The normalized spacial score (nSPS) is 19.3. The fraction of sp³-hybridized carbons (Fsp3) is 0.632. The van der Waals surface area contributed by atoms with E-state index in [1.165, 1.54) is 0 Å². The third kappa shape index (κ3) is 8.12. The van der Waals surface area contributed by atoms with Gasteiger partial charge in [0.15, 0.2) is 0 Å². The van der Waals surface area contributed by atoms with E-state index in [0.29, 0.717) is 6.42 Å². The lowest BCUT2D eigenvalue weighted by molar-refractivity contribution is -0.116. The highest BCUT2D eigenvalue weighted by molar-refractivity contribution is 5.94. The van der Waals surface area contributed by atoms with Crippen molar-refractivity contribution in [2.75, 3.05) is 29.9 Å². The highest BCUT2D eigenvalue weighted by Crippen LogP contribution is 2.28. The number of carbonyl (C=O) groups excluding carboxylic acids is 1. The zero-order valence-corrected chi connectivity index (χ0v) is 17.4. The van der Waals surface area contributed by atoms with E-state index in [2.05, 4.69) is 30.1 Å². The van der Waals surface area contributed by atoms with Crippen molar-refractivity contribution in [3.05, 3.63) is 24.3 Å². The zero-order chi connectivity index (χ0) is 17.4. The maximum atomic E-state index is 12.2. The Morgan fingerprint density at radius 1 is 1.12 bits per heavy atom. The summed E-state index contributed by atoms with van der Waals surface area (Å²) in [5.41, 5.74) is 7.46. The number of rotatable bonds is 8. The van der Waals surface area contributed by atoms with E-state index in [1.54, 1.807) is 0 Å². The Kier molecular flexibility index (Phi) is 12.7. The molecule has 1 fully saturated rings. The van der Waals surface area contributed by atoms with E-state index >= 15 is 0 Å². The van der Waals surface area contributed by atoms with Crippen LogP contribution in [0, 0.1) is 0 Å². The maximum Gasteiger partial charge on any atom is 0.224 e. The van der Waals surface area contributed by atoms with Crippen molar-refractivity contribution in [3.8, 4) is 0 Å². The van der Waals surface area contributed by atoms with Crippen LogP contribution in [0.15, 0.2) is 24.3 Å². The molecule has 1 aliphatic heterocycles. The number of hydrogen-bond donors (Lipinski definition) is 2. The van der Waals surface area contributed by atoms with Crippen LogP contribution in [0.3, 0.4) is 0 Å². The third-order valence-corrected chi connectivity index (χ3v) is 4.30. The number of hydrogen-bond acceptors (Lipinski definition) is 4. The van der Waals surface area contributed by atoms with Gasteiger partial charge in [0, 0.05) is 19.5 Å². The molecule has 1 aromatic carbocycles. The molecule has 0 aromatic heterocycles. The van der Waals surface area contributed by atoms with Crippen LogP contribution in [-0.4, -0.2) is 37.7 Å². The lowest BCUT2D eigenvalue weighted by atomic mass is 10.1. The summed E-state index contributed by atoms with van der Waals surface area (Å²) >= 11 is 0. The number of ether oxygens (including phenoxy) is 1. The van der Waals surface area contributed by atoms with Gasteiger partial charge in [-0.05, 0) is 45.4 Å². The average molecular weight is 406 g/mol. The molecule has 2 atom stereocenters. The van der Waals surface area contributed by atoms with Crippen molar-refractivity contribution in [2.24, 2.45) is 5.73 Å². The van der Waals surface area contributed by atoms with Crippen molar-refractivity contribution in [1.29, 1.82) is 0 Å². The molecule has 1 saturated heterocycles. The van der Waals surface area contributed by atoms with Gasteiger partial charge in [-0.1, -0.05) is 25.0 Å². The molecule has 2 unspecified atom stereocenters. The minimum absolute atomic E-state index is 0. The summed E-state index contributed by atoms with van der Waals surface area (Å²) in [7, 11) is 0. The van der Waals surface area contributed by atoms with Gasteiger partial charge in [-0.15, -0.1) is 24.8 Å². The van der Waals surface area contributed by atoms with Crippen LogP contribution in [0.2, 0.25) is 0 Å². The predicted octanol–water partition coefficient (Wildman–Crippen LogP) is 3.99. The molecule has 7 heteroatoms. The van der Waals surface area contributed by atoms with E-state index in [1.807, 2.05) is 18.2 Å². The van der Waals surface area contributed by atoms with Crippen LogP contribution in [-0.2, 0) is 9.53 Å². The number of morpholine rings is 1. The fourth-order valence-electron chi connectivity index (χ4n) is 3.23. The number of unbranched alkanes of at least 4 members (excludes halogenated alkanes) is 3. The largest absolute Gasteiger partial charge is 0.372 e. The Morgan fingerprint density at radius 2 is 1.73 bits per heavy atom. The molecule has 1 heterocycles. The minimum atomic E-state index is 0. The number of anilines is 2. The molecule has 0 aliphatic carbocycles. The average Bonchev–Trinajstić information content (AvgIpc) is 2.54. The Hall–Kier alpha value is -1.01. The quantitative estimate of drug-likeness (QED) is 0.641. The third-order valence-electron chi connectivity index (χ3n) is 4.30. The summed E-state index contributed by atoms with van der Waals surface area (Å²) in [5, 5.41) is 3.08. The molecule has 1 aliphatic rings. The second-order valence-corrected chi connectivity index (χ2v) is 6.68. The van der Waals surface area contributed by atoms with Crippen LogP contribution in [0.4, 0.5) is 11.4 Å². The van der Waals surface area contributed by atoms with Gasteiger partial charge in [0.1, 0.15) is 0 Å². The molecule has 2 rings (SSSR count). The Labute approximate surface area is 169 Å². The minimum Gasteiger partial charge on any atom is -0.372 e.